The minimum Gasteiger partial charge on any atom is -0.377 e. The van der Waals surface area contributed by atoms with E-state index in [1.54, 1.807) is 25.2 Å². The van der Waals surface area contributed by atoms with Crippen molar-refractivity contribution in [3.8, 4) is 0 Å². The van der Waals surface area contributed by atoms with Crippen LogP contribution >= 0.6 is 0 Å². The Kier molecular flexibility index (Phi) is 5.36. The number of aromatic nitrogens is 1. The van der Waals surface area contributed by atoms with Crippen molar-refractivity contribution in [2.45, 2.75) is 32.0 Å². The van der Waals surface area contributed by atoms with E-state index in [1.807, 2.05) is 23.2 Å². The van der Waals surface area contributed by atoms with Crippen LogP contribution < -0.4 is 0 Å². The number of amides is 2. The van der Waals surface area contributed by atoms with Gasteiger partial charge in [-0.05, 0) is 30.9 Å². The molecule has 2 saturated heterocycles. The highest BCUT2D eigenvalue weighted by Gasteiger charge is 2.47. The minimum atomic E-state index is -0.0929. The summed E-state index contributed by atoms with van der Waals surface area (Å²) in [7, 11) is 3.61. The highest BCUT2D eigenvalue weighted by Crippen LogP contribution is 2.40. The number of ether oxygens (including phenoxy) is 2. The molecule has 6 nitrogen and oxygen atoms in total. The monoisotopic (exact) mass is 333 g/mol. The van der Waals surface area contributed by atoms with Gasteiger partial charge in [0, 0.05) is 51.6 Å². The molecule has 0 bridgehead atoms. The highest BCUT2D eigenvalue weighted by molar-refractivity contribution is 5.74. The van der Waals surface area contributed by atoms with Crippen molar-refractivity contribution in [3.63, 3.8) is 0 Å². The van der Waals surface area contributed by atoms with Crippen molar-refractivity contribution >= 4 is 6.03 Å². The third-order valence-electron chi connectivity index (χ3n) is 5.02. The summed E-state index contributed by atoms with van der Waals surface area (Å²) in [5, 5.41) is 0. The number of fused-ring (bicyclic) bond motifs is 1. The molecule has 0 aliphatic carbocycles. The molecule has 1 aromatic heterocycles. The smallest absolute Gasteiger partial charge is 0.319 e. The number of carbonyl (C=O) groups is 1. The van der Waals surface area contributed by atoms with E-state index in [2.05, 4.69) is 4.98 Å². The van der Waals surface area contributed by atoms with Crippen LogP contribution in [-0.4, -0.2) is 67.3 Å². The predicted molar refractivity (Wildman–Crippen MR) is 90.6 cm³/mol. The zero-order valence-electron chi connectivity index (χ0n) is 14.6. The Hall–Kier alpha value is -1.66. The van der Waals surface area contributed by atoms with Crippen molar-refractivity contribution in [2.24, 2.45) is 5.41 Å². The van der Waals surface area contributed by atoms with E-state index < -0.39 is 0 Å². The van der Waals surface area contributed by atoms with E-state index in [1.165, 1.54) is 0 Å². The van der Waals surface area contributed by atoms with Gasteiger partial charge in [0.15, 0.2) is 0 Å². The van der Waals surface area contributed by atoms with Gasteiger partial charge in [-0.2, -0.15) is 0 Å². The van der Waals surface area contributed by atoms with Gasteiger partial charge in [0.25, 0.3) is 0 Å². The first-order valence-electron chi connectivity index (χ1n) is 8.65. The molecule has 2 fully saturated rings. The topological polar surface area (TPSA) is 54.9 Å². The molecule has 3 rings (SSSR count). The summed E-state index contributed by atoms with van der Waals surface area (Å²) in [6, 6.07) is 4.01. The van der Waals surface area contributed by atoms with Crippen molar-refractivity contribution in [2.75, 3.05) is 40.4 Å². The van der Waals surface area contributed by atoms with Crippen LogP contribution in [0.1, 0.15) is 24.8 Å². The summed E-state index contributed by atoms with van der Waals surface area (Å²) in [6.07, 6.45) is 6.73. The Morgan fingerprint density at radius 3 is 3.17 bits per heavy atom. The number of pyridine rings is 1. The normalized spacial score (nSPS) is 26.8. The molecule has 0 N–H and O–H groups in total. The molecule has 0 unspecified atom stereocenters. The summed E-state index contributed by atoms with van der Waals surface area (Å²) < 4.78 is 12.1. The molecular formula is C18H27N3O3. The number of rotatable bonds is 4. The second-order valence-electron chi connectivity index (χ2n) is 7.07. The first kappa shape index (κ1) is 17.2. The van der Waals surface area contributed by atoms with Crippen LogP contribution in [0, 0.1) is 5.41 Å². The number of carbonyl (C=O) groups excluding carboxylic acids is 1. The average Bonchev–Trinajstić information content (AvgIpc) is 2.61. The molecule has 132 valence electrons. The molecule has 0 aromatic carbocycles. The number of nitrogens with zero attached hydrogens (tertiary/aromatic N) is 3. The maximum Gasteiger partial charge on any atom is 0.319 e. The summed E-state index contributed by atoms with van der Waals surface area (Å²) in [5.41, 5.74) is 0.976. The Balaban J connectivity index is 1.66. The Labute approximate surface area is 143 Å². The number of urea groups is 1. The molecule has 2 aliphatic heterocycles. The van der Waals surface area contributed by atoms with E-state index in [4.69, 9.17) is 9.47 Å². The largest absolute Gasteiger partial charge is 0.377 e. The fourth-order valence-electron chi connectivity index (χ4n) is 3.80. The zero-order chi connectivity index (χ0) is 17.0. The van der Waals surface area contributed by atoms with Crippen LogP contribution in [-0.2, 0) is 16.1 Å². The number of piperidine rings is 1. The van der Waals surface area contributed by atoms with Gasteiger partial charge < -0.3 is 19.3 Å². The van der Waals surface area contributed by atoms with Gasteiger partial charge in [0.2, 0.25) is 0 Å². The van der Waals surface area contributed by atoms with Crippen LogP contribution in [0.4, 0.5) is 4.79 Å². The van der Waals surface area contributed by atoms with Gasteiger partial charge in [-0.25, -0.2) is 4.79 Å². The van der Waals surface area contributed by atoms with Crippen molar-refractivity contribution < 1.29 is 14.3 Å². The molecule has 3 heterocycles. The molecule has 0 saturated carbocycles. The first-order chi connectivity index (χ1) is 11.6. The summed E-state index contributed by atoms with van der Waals surface area (Å²) in [4.78, 5) is 20.1. The van der Waals surface area contributed by atoms with Crippen molar-refractivity contribution in [3.05, 3.63) is 30.1 Å². The molecular weight excluding hydrogens is 306 g/mol. The van der Waals surface area contributed by atoms with Gasteiger partial charge in [-0.1, -0.05) is 6.07 Å². The number of hydrogen-bond donors (Lipinski definition) is 0. The minimum absolute atomic E-state index is 0.0747. The molecule has 24 heavy (non-hydrogen) atoms. The van der Waals surface area contributed by atoms with E-state index in [9.17, 15) is 4.79 Å². The van der Waals surface area contributed by atoms with Crippen molar-refractivity contribution in [1.29, 1.82) is 0 Å². The van der Waals surface area contributed by atoms with Crippen LogP contribution in [0.5, 0.6) is 0 Å². The standard InChI is InChI=1S/C18H27N3O3/c1-20(2)17(22)21-9-6-16-18(13-21,7-4-10-24-16)14-23-12-15-5-3-8-19-11-15/h3,5,8,11,16H,4,6-7,9-10,12-14H2,1-2H3/t16-,18+/m0/s1. The maximum atomic E-state index is 12.4. The fourth-order valence-corrected chi connectivity index (χ4v) is 3.80. The van der Waals surface area contributed by atoms with Gasteiger partial charge in [-0.15, -0.1) is 0 Å². The molecule has 2 atom stereocenters. The summed E-state index contributed by atoms with van der Waals surface area (Å²) >= 11 is 0. The lowest BCUT2D eigenvalue weighted by atomic mass is 9.73. The van der Waals surface area contributed by atoms with Gasteiger partial charge in [0.1, 0.15) is 0 Å². The van der Waals surface area contributed by atoms with E-state index in [-0.39, 0.29) is 17.6 Å². The average molecular weight is 333 g/mol. The number of hydrogen-bond acceptors (Lipinski definition) is 4. The Morgan fingerprint density at radius 1 is 1.54 bits per heavy atom. The Morgan fingerprint density at radius 2 is 2.42 bits per heavy atom. The summed E-state index contributed by atoms with van der Waals surface area (Å²) in [5.74, 6) is 0. The summed E-state index contributed by atoms with van der Waals surface area (Å²) in [6.45, 7) is 3.44. The van der Waals surface area contributed by atoms with Gasteiger partial charge in [-0.3, -0.25) is 4.98 Å². The third kappa shape index (κ3) is 3.70. The van der Waals surface area contributed by atoms with Crippen LogP contribution in [0.25, 0.3) is 0 Å². The molecule has 1 aromatic rings. The Bertz CT molecular complexity index is 552. The van der Waals surface area contributed by atoms with Crippen LogP contribution in [0.15, 0.2) is 24.5 Å². The molecule has 2 aliphatic rings. The fraction of sp³-hybridized carbons (Fsp3) is 0.667. The van der Waals surface area contributed by atoms with Gasteiger partial charge in [0.05, 0.1) is 19.3 Å². The SMILES string of the molecule is CN(C)C(=O)N1CC[C@@H]2OCCC[C@]2(COCc2cccnc2)C1. The lowest BCUT2D eigenvalue weighted by Gasteiger charge is -2.50. The number of likely N-dealkylation sites (tertiary alicyclic amines) is 1. The van der Waals surface area contributed by atoms with Gasteiger partial charge >= 0.3 is 6.03 Å². The predicted octanol–water partition coefficient (Wildman–Crippen LogP) is 2.15. The highest BCUT2D eigenvalue weighted by atomic mass is 16.5. The second kappa shape index (κ2) is 7.49. The van der Waals surface area contributed by atoms with E-state index >= 15 is 0 Å². The molecule has 2 amide bonds. The van der Waals surface area contributed by atoms with E-state index in [0.717, 1.165) is 38.0 Å². The lowest BCUT2D eigenvalue weighted by molar-refractivity contribution is -0.149. The lowest BCUT2D eigenvalue weighted by Crippen LogP contribution is -2.59. The zero-order valence-corrected chi connectivity index (χ0v) is 14.6. The molecule has 6 heteroatoms. The molecule has 0 radical (unpaired) electrons. The maximum absolute atomic E-state index is 12.4. The van der Waals surface area contributed by atoms with Crippen LogP contribution in [0.2, 0.25) is 0 Å². The second-order valence-corrected chi connectivity index (χ2v) is 7.07. The van der Waals surface area contributed by atoms with Crippen molar-refractivity contribution in [1.82, 2.24) is 14.8 Å². The quantitative estimate of drug-likeness (QED) is 0.847. The molecule has 0 spiro atoms. The van der Waals surface area contributed by atoms with E-state index in [0.29, 0.717) is 19.8 Å². The van der Waals surface area contributed by atoms with Crippen LogP contribution in [0.3, 0.4) is 0 Å². The first-order valence-corrected chi connectivity index (χ1v) is 8.65. The third-order valence-corrected chi connectivity index (χ3v) is 5.02.